The molecule has 0 saturated heterocycles. The molecule has 0 atom stereocenters. The van der Waals surface area contributed by atoms with E-state index >= 15 is 0 Å². The van der Waals surface area contributed by atoms with Gasteiger partial charge in [-0.25, -0.2) is 18.7 Å². The molecule has 0 spiro atoms. The molecule has 6 nitrogen and oxygen atoms in total. The number of amides is 1. The van der Waals surface area contributed by atoms with Gasteiger partial charge in [-0.2, -0.15) is 0 Å². The van der Waals surface area contributed by atoms with Gasteiger partial charge in [0.05, 0.1) is 28.8 Å². The van der Waals surface area contributed by atoms with Gasteiger partial charge in [0.2, 0.25) is 0 Å². The second-order valence-corrected chi connectivity index (χ2v) is 8.84. The summed E-state index contributed by atoms with van der Waals surface area (Å²) in [6, 6.07) is 2.85. The number of hydrogen-bond donors (Lipinski definition) is 1. The smallest absolute Gasteiger partial charge is 0.259 e. The SMILES string of the molecule is Cc1csc(N2CCC3=C(C2)c2ncc(NC(=O)c4ccc(F)cc4F)nc2CCC3)n1. The van der Waals surface area contributed by atoms with Crippen LogP contribution in [-0.4, -0.2) is 33.9 Å². The van der Waals surface area contributed by atoms with Crippen LogP contribution in [0.3, 0.4) is 0 Å². The number of hydrogen-bond acceptors (Lipinski definition) is 6. The molecule has 0 radical (unpaired) electrons. The van der Waals surface area contributed by atoms with Crippen molar-refractivity contribution in [3.05, 3.63) is 69.6 Å². The highest BCUT2D eigenvalue weighted by Gasteiger charge is 2.27. The third kappa shape index (κ3) is 4.00. The Morgan fingerprint density at radius 3 is 2.84 bits per heavy atom. The quantitative estimate of drug-likeness (QED) is 0.619. The van der Waals surface area contributed by atoms with E-state index in [0.717, 1.165) is 73.1 Å². The minimum atomic E-state index is -0.917. The van der Waals surface area contributed by atoms with E-state index in [-0.39, 0.29) is 11.4 Å². The van der Waals surface area contributed by atoms with Crippen molar-refractivity contribution in [2.75, 3.05) is 23.3 Å². The van der Waals surface area contributed by atoms with Crippen molar-refractivity contribution < 1.29 is 13.6 Å². The molecule has 1 aliphatic heterocycles. The van der Waals surface area contributed by atoms with Gasteiger partial charge in [0.25, 0.3) is 5.91 Å². The van der Waals surface area contributed by atoms with E-state index in [0.29, 0.717) is 6.07 Å². The summed E-state index contributed by atoms with van der Waals surface area (Å²) in [6.45, 7) is 3.66. The summed E-state index contributed by atoms with van der Waals surface area (Å²) in [6.07, 6.45) is 5.18. The number of carbonyl (C=O) groups is 1. The van der Waals surface area contributed by atoms with Crippen LogP contribution in [0.2, 0.25) is 0 Å². The summed E-state index contributed by atoms with van der Waals surface area (Å²) >= 11 is 1.65. The fraction of sp³-hybridized carbons (Fsp3) is 0.304. The van der Waals surface area contributed by atoms with Gasteiger partial charge in [-0.3, -0.25) is 9.78 Å². The number of aromatic nitrogens is 3. The van der Waals surface area contributed by atoms with Crippen LogP contribution < -0.4 is 10.2 Å². The number of benzene rings is 1. The van der Waals surface area contributed by atoms with Crippen LogP contribution in [0.4, 0.5) is 19.7 Å². The lowest BCUT2D eigenvalue weighted by Gasteiger charge is -2.30. The number of halogens is 2. The molecule has 164 valence electrons. The molecule has 1 amide bonds. The first-order valence-corrected chi connectivity index (χ1v) is 11.4. The van der Waals surface area contributed by atoms with Crippen molar-refractivity contribution in [1.82, 2.24) is 15.0 Å². The van der Waals surface area contributed by atoms with Gasteiger partial charge in [-0.1, -0.05) is 5.57 Å². The van der Waals surface area contributed by atoms with Crippen LogP contribution in [0.1, 0.15) is 46.7 Å². The third-order valence-corrected chi connectivity index (χ3v) is 6.80. The fourth-order valence-corrected chi connectivity index (χ4v) is 5.04. The minimum absolute atomic E-state index is 0.241. The Labute approximate surface area is 188 Å². The number of nitrogens with zero attached hydrogens (tertiary/aromatic N) is 4. The maximum absolute atomic E-state index is 13.9. The zero-order valence-electron chi connectivity index (χ0n) is 17.5. The molecule has 2 aliphatic rings. The predicted octanol–water partition coefficient (Wildman–Crippen LogP) is 4.77. The van der Waals surface area contributed by atoms with Crippen molar-refractivity contribution in [1.29, 1.82) is 0 Å². The van der Waals surface area contributed by atoms with Gasteiger partial charge >= 0.3 is 0 Å². The van der Waals surface area contributed by atoms with Crippen LogP contribution in [0.15, 0.2) is 35.3 Å². The zero-order valence-corrected chi connectivity index (χ0v) is 18.3. The van der Waals surface area contributed by atoms with E-state index < -0.39 is 17.5 Å². The summed E-state index contributed by atoms with van der Waals surface area (Å²) < 4.78 is 27.1. The molecule has 1 aliphatic carbocycles. The number of fused-ring (bicyclic) bond motifs is 2. The average molecular weight is 454 g/mol. The molecular formula is C23H21F2N5OS. The molecule has 1 aromatic carbocycles. The maximum atomic E-state index is 13.9. The van der Waals surface area contributed by atoms with Crippen molar-refractivity contribution in [2.24, 2.45) is 0 Å². The highest BCUT2D eigenvalue weighted by molar-refractivity contribution is 7.13. The molecule has 0 fully saturated rings. The highest BCUT2D eigenvalue weighted by Crippen LogP contribution is 2.36. The Hall–Kier alpha value is -3.20. The molecule has 3 heterocycles. The standard InChI is InChI=1S/C23H21F2N5OS/c1-13-12-32-23(27-13)30-8-7-14-3-2-4-19-21(17(14)11-30)26-10-20(28-19)29-22(31)16-6-5-15(24)9-18(16)25/h5-6,9-10,12H,2-4,7-8,11H2,1H3,(H,28,29,31). The first kappa shape index (κ1) is 20.7. The normalized spacial score (nSPS) is 15.8. The number of thiazole rings is 1. The molecule has 0 bridgehead atoms. The van der Waals surface area contributed by atoms with Crippen LogP contribution in [0.25, 0.3) is 5.57 Å². The Balaban J connectivity index is 1.40. The fourth-order valence-electron chi connectivity index (χ4n) is 4.21. The monoisotopic (exact) mass is 453 g/mol. The van der Waals surface area contributed by atoms with Gasteiger partial charge in [-0.15, -0.1) is 11.3 Å². The summed E-state index contributed by atoms with van der Waals surface area (Å²) in [7, 11) is 0. The molecule has 0 unspecified atom stereocenters. The lowest BCUT2D eigenvalue weighted by Crippen LogP contribution is -2.31. The van der Waals surface area contributed by atoms with Crippen LogP contribution in [0.5, 0.6) is 0 Å². The van der Waals surface area contributed by atoms with Gasteiger partial charge < -0.3 is 10.2 Å². The van der Waals surface area contributed by atoms with Crippen molar-refractivity contribution in [2.45, 2.75) is 32.6 Å². The molecule has 3 aromatic rings. The van der Waals surface area contributed by atoms with E-state index in [1.165, 1.54) is 17.3 Å². The van der Waals surface area contributed by atoms with Crippen molar-refractivity contribution >= 4 is 33.8 Å². The van der Waals surface area contributed by atoms with Crippen molar-refractivity contribution in [3.63, 3.8) is 0 Å². The minimum Gasteiger partial charge on any atom is -0.343 e. The molecular weight excluding hydrogens is 432 g/mol. The summed E-state index contributed by atoms with van der Waals surface area (Å²) in [4.78, 5) is 28.6. The van der Waals surface area contributed by atoms with Gasteiger partial charge in [0.15, 0.2) is 10.9 Å². The second kappa shape index (κ2) is 8.38. The highest BCUT2D eigenvalue weighted by atomic mass is 32.1. The number of anilines is 2. The van der Waals surface area contributed by atoms with Crippen LogP contribution in [0, 0.1) is 18.6 Å². The van der Waals surface area contributed by atoms with E-state index in [1.54, 1.807) is 11.3 Å². The molecule has 0 saturated carbocycles. The van der Waals surface area contributed by atoms with E-state index in [9.17, 15) is 13.6 Å². The maximum Gasteiger partial charge on any atom is 0.259 e. The van der Waals surface area contributed by atoms with Crippen molar-refractivity contribution in [3.8, 4) is 0 Å². The Bertz CT molecular complexity index is 1240. The summed E-state index contributed by atoms with van der Waals surface area (Å²) in [5, 5.41) is 5.66. The van der Waals surface area contributed by atoms with Gasteiger partial charge in [0, 0.05) is 24.5 Å². The summed E-state index contributed by atoms with van der Waals surface area (Å²) in [5.41, 5.74) is 5.06. The molecule has 2 aromatic heterocycles. The third-order valence-electron chi connectivity index (χ3n) is 5.78. The Kier molecular flexibility index (Phi) is 5.42. The molecule has 32 heavy (non-hydrogen) atoms. The first-order chi connectivity index (χ1) is 15.5. The Morgan fingerprint density at radius 2 is 2.06 bits per heavy atom. The second-order valence-electron chi connectivity index (χ2n) is 8.01. The Morgan fingerprint density at radius 1 is 1.19 bits per heavy atom. The van der Waals surface area contributed by atoms with Crippen LogP contribution >= 0.6 is 11.3 Å². The lowest BCUT2D eigenvalue weighted by atomic mass is 9.96. The van der Waals surface area contributed by atoms with E-state index in [4.69, 9.17) is 0 Å². The van der Waals surface area contributed by atoms with E-state index in [1.807, 2.05) is 6.92 Å². The van der Waals surface area contributed by atoms with E-state index in [2.05, 4.69) is 30.5 Å². The predicted molar refractivity (Wildman–Crippen MR) is 120 cm³/mol. The summed E-state index contributed by atoms with van der Waals surface area (Å²) in [5.74, 6) is -2.08. The first-order valence-electron chi connectivity index (χ1n) is 10.5. The van der Waals surface area contributed by atoms with Crippen LogP contribution in [-0.2, 0) is 6.42 Å². The van der Waals surface area contributed by atoms with Gasteiger partial charge in [0.1, 0.15) is 11.6 Å². The number of rotatable bonds is 3. The molecule has 5 rings (SSSR count). The largest absolute Gasteiger partial charge is 0.343 e. The number of carbonyl (C=O) groups excluding carboxylic acids is 1. The zero-order chi connectivity index (χ0) is 22.2. The average Bonchev–Trinajstić information content (AvgIpc) is 3.12. The van der Waals surface area contributed by atoms with Gasteiger partial charge in [-0.05, 0) is 50.3 Å². The number of aryl methyl sites for hydroxylation is 2. The lowest BCUT2D eigenvalue weighted by molar-refractivity contribution is 0.102. The number of nitrogens with one attached hydrogen (secondary N) is 1. The topological polar surface area (TPSA) is 71.0 Å². The molecule has 9 heteroatoms. The molecule has 1 N–H and O–H groups in total.